The molecule has 0 bridgehead atoms. The van der Waals surface area contributed by atoms with Crippen molar-refractivity contribution in [1.29, 1.82) is 0 Å². The Labute approximate surface area is 128 Å². The molecule has 21 heavy (non-hydrogen) atoms. The number of nitrogens with zero attached hydrogens (tertiary/aromatic N) is 2. The van der Waals surface area contributed by atoms with Crippen LogP contribution in [-0.2, 0) is 11.3 Å². The highest BCUT2D eigenvalue weighted by atomic mass is 16.5. The van der Waals surface area contributed by atoms with Crippen LogP contribution in [0.4, 0.5) is 5.69 Å². The molecule has 2 heterocycles. The number of ether oxygens (including phenoxy) is 1. The molecule has 1 aliphatic heterocycles. The third-order valence-corrected chi connectivity index (χ3v) is 3.95. The summed E-state index contributed by atoms with van der Waals surface area (Å²) in [6.45, 7) is 13.6. The zero-order valence-corrected chi connectivity index (χ0v) is 14.0. The van der Waals surface area contributed by atoms with Crippen LogP contribution in [0.2, 0.25) is 0 Å². The third kappa shape index (κ3) is 4.42. The molecule has 1 aromatic heterocycles. The fourth-order valence-electron chi connectivity index (χ4n) is 2.66. The van der Waals surface area contributed by atoms with Crippen molar-refractivity contribution >= 4 is 5.69 Å². The lowest BCUT2D eigenvalue weighted by Gasteiger charge is -2.40. The molecule has 2 atom stereocenters. The van der Waals surface area contributed by atoms with E-state index in [0.29, 0.717) is 6.04 Å². The SMILES string of the molecule is CCC1COC(C)CN1c1cnccc1CNC(C)(C)C. The Kier molecular flexibility index (Phi) is 5.22. The maximum atomic E-state index is 5.81. The molecule has 0 amide bonds. The molecule has 0 spiro atoms. The van der Waals surface area contributed by atoms with Gasteiger partial charge in [-0.1, -0.05) is 6.92 Å². The second kappa shape index (κ2) is 6.75. The third-order valence-electron chi connectivity index (χ3n) is 3.95. The van der Waals surface area contributed by atoms with Crippen LogP contribution >= 0.6 is 0 Å². The molecule has 1 saturated heterocycles. The molecule has 1 aromatic rings. The van der Waals surface area contributed by atoms with E-state index in [4.69, 9.17) is 4.74 Å². The first-order chi connectivity index (χ1) is 9.90. The molecule has 1 aliphatic rings. The van der Waals surface area contributed by atoms with E-state index in [-0.39, 0.29) is 11.6 Å². The molecular weight excluding hydrogens is 262 g/mol. The van der Waals surface area contributed by atoms with Gasteiger partial charge < -0.3 is 15.0 Å². The van der Waals surface area contributed by atoms with Gasteiger partial charge in [0.1, 0.15) is 0 Å². The standard InChI is InChI=1S/C17H29N3O/c1-6-15-12-21-13(2)11-20(15)16-10-18-8-7-14(16)9-19-17(3,4)5/h7-8,10,13,15,19H,6,9,11-12H2,1-5H3. The minimum atomic E-state index is 0.114. The van der Waals surface area contributed by atoms with Crippen molar-refractivity contribution < 1.29 is 4.74 Å². The van der Waals surface area contributed by atoms with Crippen LogP contribution in [0.5, 0.6) is 0 Å². The van der Waals surface area contributed by atoms with Gasteiger partial charge in [-0.3, -0.25) is 4.98 Å². The van der Waals surface area contributed by atoms with E-state index in [1.54, 1.807) is 0 Å². The van der Waals surface area contributed by atoms with Crippen molar-refractivity contribution in [2.75, 3.05) is 18.1 Å². The molecule has 1 fully saturated rings. The summed E-state index contributed by atoms with van der Waals surface area (Å²) < 4.78 is 5.81. The molecule has 0 saturated carbocycles. The van der Waals surface area contributed by atoms with Crippen LogP contribution in [0.15, 0.2) is 18.5 Å². The highest BCUT2D eigenvalue weighted by Crippen LogP contribution is 2.26. The molecule has 2 rings (SSSR count). The fraction of sp³-hybridized carbons (Fsp3) is 0.706. The van der Waals surface area contributed by atoms with Gasteiger partial charge in [0.05, 0.1) is 30.6 Å². The van der Waals surface area contributed by atoms with Gasteiger partial charge in [0.25, 0.3) is 0 Å². The molecule has 1 N–H and O–H groups in total. The van der Waals surface area contributed by atoms with Gasteiger partial charge in [0, 0.05) is 24.8 Å². The number of aromatic nitrogens is 1. The second-order valence-electron chi connectivity index (χ2n) is 6.97. The summed E-state index contributed by atoms with van der Waals surface area (Å²) in [7, 11) is 0. The maximum Gasteiger partial charge on any atom is 0.0723 e. The number of hydrogen-bond acceptors (Lipinski definition) is 4. The summed E-state index contributed by atoms with van der Waals surface area (Å²) in [4.78, 5) is 6.82. The number of hydrogen-bond donors (Lipinski definition) is 1. The first-order valence-corrected chi connectivity index (χ1v) is 7.97. The summed E-state index contributed by atoms with van der Waals surface area (Å²) in [6.07, 6.45) is 5.25. The Hall–Kier alpha value is -1.13. The van der Waals surface area contributed by atoms with Crippen LogP contribution in [-0.4, -0.2) is 35.8 Å². The predicted octanol–water partition coefficient (Wildman–Crippen LogP) is 2.97. The van der Waals surface area contributed by atoms with Gasteiger partial charge in [-0.05, 0) is 45.7 Å². The van der Waals surface area contributed by atoms with Crippen molar-refractivity contribution in [3.8, 4) is 0 Å². The molecular formula is C17H29N3O. The largest absolute Gasteiger partial charge is 0.375 e. The van der Waals surface area contributed by atoms with Gasteiger partial charge in [0.15, 0.2) is 0 Å². The molecule has 4 nitrogen and oxygen atoms in total. The predicted molar refractivity (Wildman–Crippen MR) is 87.7 cm³/mol. The topological polar surface area (TPSA) is 37.4 Å². The van der Waals surface area contributed by atoms with Crippen molar-refractivity contribution in [2.24, 2.45) is 0 Å². The van der Waals surface area contributed by atoms with E-state index in [9.17, 15) is 0 Å². The zero-order chi connectivity index (χ0) is 15.5. The van der Waals surface area contributed by atoms with Gasteiger partial charge in [-0.25, -0.2) is 0 Å². The van der Waals surface area contributed by atoms with E-state index in [2.05, 4.69) is 55.9 Å². The van der Waals surface area contributed by atoms with Gasteiger partial charge in [0.2, 0.25) is 0 Å². The first-order valence-electron chi connectivity index (χ1n) is 7.97. The highest BCUT2D eigenvalue weighted by Gasteiger charge is 2.27. The number of nitrogens with one attached hydrogen (secondary N) is 1. The van der Waals surface area contributed by atoms with E-state index < -0.39 is 0 Å². The molecule has 0 aromatic carbocycles. The van der Waals surface area contributed by atoms with E-state index in [0.717, 1.165) is 26.1 Å². The van der Waals surface area contributed by atoms with Crippen LogP contribution < -0.4 is 10.2 Å². The average molecular weight is 291 g/mol. The number of morpholine rings is 1. The Morgan fingerprint density at radius 1 is 1.43 bits per heavy atom. The van der Waals surface area contributed by atoms with Crippen molar-refractivity contribution in [3.63, 3.8) is 0 Å². The second-order valence-corrected chi connectivity index (χ2v) is 6.97. The van der Waals surface area contributed by atoms with Crippen molar-refractivity contribution in [1.82, 2.24) is 10.3 Å². The first kappa shape index (κ1) is 16.2. The van der Waals surface area contributed by atoms with E-state index in [1.165, 1.54) is 11.3 Å². The Morgan fingerprint density at radius 3 is 2.86 bits per heavy atom. The number of anilines is 1. The summed E-state index contributed by atoms with van der Waals surface area (Å²) in [6, 6.07) is 2.57. The average Bonchev–Trinajstić information content (AvgIpc) is 2.44. The monoisotopic (exact) mass is 291 g/mol. The lowest BCUT2D eigenvalue weighted by atomic mass is 10.1. The minimum absolute atomic E-state index is 0.114. The molecule has 118 valence electrons. The smallest absolute Gasteiger partial charge is 0.0723 e. The Bertz CT molecular complexity index is 456. The molecule has 0 radical (unpaired) electrons. The minimum Gasteiger partial charge on any atom is -0.375 e. The summed E-state index contributed by atoms with van der Waals surface area (Å²) in [5.41, 5.74) is 2.67. The van der Waals surface area contributed by atoms with Crippen molar-refractivity contribution in [2.45, 2.75) is 65.3 Å². The Morgan fingerprint density at radius 2 is 2.19 bits per heavy atom. The summed E-state index contributed by atoms with van der Waals surface area (Å²) in [5, 5.41) is 3.58. The summed E-state index contributed by atoms with van der Waals surface area (Å²) in [5.74, 6) is 0. The number of rotatable bonds is 4. The Balaban J connectivity index is 2.21. The lowest BCUT2D eigenvalue weighted by molar-refractivity contribution is 0.0298. The molecule has 4 heteroatoms. The highest BCUT2D eigenvalue weighted by molar-refractivity contribution is 5.53. The number of pyridine rings is 1. The lowest BCUT2D eigenvalue weighted by Crippen LogP contribution is -2.49. The molecule has 0 aliphatic carbocycles. The van der Waals surface area contributed by atoms with Gasteiger partial charge in [-0.15, -0.1) is 0 Å². The maximum absolute atomic E-state index is 5.81. The molecule has 2 unspecified atom stereocenters. The van der Waals surface area contributed by atoms with Crippen LogP contribution in [0.3, 0.4) is 0 Å². The van der Waals surface area contributed by atoms with Crippen LogP contribution in [0.1, 0.15) is 46.6 Å². The zero-order valence-electron chi connectivity index (χ0n) is 14.0. The quantitative estimate of drug-likeness (QED) is 0.925. The van der Waals surface area contributed by atoms with Gasteiger partial charge >= 0.3 is 0 Å². The van der Waals surface area contributed by atoms with Crippen molar-refractivity contribution in [3.05, 3.63) is 24.0 Å². The normalized spacial score (nSPS) is 23.4. The van der Waals surface area contributed by atoms with Crippen LogP contribution in [0.25, 0.3) is 0 Å². The summed E-state index contributed by atoms with van der Waals surface area (Å²) >= 11 is 0. The fourth-order valence-corrected chi connectivity index (χ4v) is 2.66. The van der Waals surface area contributed by atoms with Crippen LogP contribution in [0, 0.1) is 0 Å². The van der Waals surface area contributed by atoms with E-state index >= 15 is 0 Å². The van der Waals surface area contributed by atoms with E-state index in [1.807, 2.05) is 12.4 Å². The van der Waals surface area contributed by atoms with Gasteiger partial charge in [-0.2, -0.15) is 0 Å².